The van der Waals surface area contributed by atoms with E-state index in [1.54, 1.807) is 24.3 Å². The molecule has 2 N–H and O–H groups in total. The third-order valence-electron chi connectivity index (χ3n) is 2.93. The van der Waals surface area contributed by atoms with Crippen LogP contribution in [0, 0.1) is 0 Å². The van der Waals surface area contributed by atoms with Crippen molar-refractivity contribution in [1.29, 1.82) is 0 Å². The molecule has 0 spiro atoms. The Morgan fingerprint density at radius 1 is 1.29 bits per heavy atom. The fourth-order valence-electron chi connectivity index (χ4n) is 2.06. The van der Waals surface area contributed by atoms with Crippen LogP contribution in [-0.2, 0) is 4.79 Å². The molecule has 1 atom stereocenters. The average Bonchev–Trinajstić information content (AvgIpc) is 2.78. The van der Waals surface area contributed by atoms with E-state index in [0.29, 0.717) is 23.6 Å². The first-order valence-corrected chi connectivity index (χ1v) is 5.83. The van der Waals surface area contributed by atoms with Crippen molar-refractivity contribution in [2.75, 3.05) is 6.54 Å². The lowest BCUT2D eigenvalue weighted by Crippen LogP contribution is -2.43. The molecule has 1 saturated heterocycles. The van der Waals surface area contributed by atoms with Gasteiger partial charge in [0.05, 0.1) is 0 Å². The van der Waals surface area contributed by atoms with Gasteiger partial charge in [-0.1, -0.05) is 11.6 Å². The largest absolute Gasteiger partial charge is 0.368 e. The number of primary amides is 1. The Kier molecular flexibility index (Phi) is 3.33. The number of hydrogen-bond donors (Lipinski definition) is 1. The van der Waals surface area contributed by atoms with Gasteiger partial charge in [-0.05, 0) is 37.1 Å². The monoisotopic (exact) mass is 252 g/mol. The second kappa shape index (κ2) is 4.75. The molecular weight excluding hydrogens is 240 g/mol. The van der Waals surface area contributed by atoms with E-state index in [9.17, 15) is 9.59 Å². The maximum Gasteiger partial charge on any atom is 0.254 e. The van der Waals surface area contributed by atoms with Crippen LogP contribution in [0.5, 0.6) is 0 Å². The fraction of sp³-hybridized carbons (Fsp3) is 0.333. The van der Waals surface area contributed by atoms with Gasteiger partial charge in [-0.15, -0.1) is 0 Å². The van der Waals surface area contributed by atoms with Crippen molar-refractivity contribution in [2.45, 2.75) is 18.9 Å². The molecule has 2 rings (SSSR count). The molecule has 1 fully saturated rings. The Bertz CT molecular complexity index is 444. The first kappa shape index (κ1) is 11.9. The van der Waals surface area contributed by atoms with Crippen LogP contribution in [0.15, 0.2) is 24.3 Å². The number of likely N-dealkylation sites (tertiary alicyclic amines) is 1. The number of amides is 2. The molecule has 5 heteroatoms. The van der Waals surface area contributed by atoms with Gasteiger partial charge in [0.2, 0.25) is 5.91 Å². The summed E-state index contributed by atoms with van der Waals surface area (Å²) in [6.45, 7) is 0.578. The van der Waals surface area contributed by atoms with Gasteiger partial charge in [-0.25, -0.2) is 0 Å². The number of halogens is 1. The van der Waals surface area contributed by atoms with Crippen LogP contribution in [0.3, 0.4) is 0 Å². The Morgan fingerprint density at radius 2 is 1.94 bits per heavy atom. The molecule has 90 valence electrons. The molecule has 1 aromatic rings. The number of rotatable bonds is 2. The van der Waals surface area contributed by atoms with E-state index in [1.807, 2.05) is 0 Å². The minimum absolute atomic E-state index is 0.164. The Morgan fingerprint density at radius 3 is 2.53 bits per heavy atom. The third-order valence-corrected chi connectivity index (χ3v) is 3.19. The van der Waals surface area contributed by atoms with Crippen molar-refractivity contribution >= 4 is 23.4 Å². The lowest BCUT2D eigenvalue weighted by atomic mass is 10.1. The van der Waals surface area contributed by atoms with Crippen LogP contribution in [0.1, 0.15) is 23.2 Å². The minimum Gasteiger partial charge on any atom is -0.368 e. The minimum atomic E-state index is -0.474. The quantitative estimate of drug-likeness (QED) is 0.866. The van der Waals surface area contributed by atoms with Crippen LogP contribution in [-0.4, -0.2) is 29.3 Å². The maximum atomic E-state index is 12.1. The molecule has 0 aromatic heterocycles. The average molecular weight is 253 g/mol. The number of nitrogens with two attached hydrogens (primary N) is 1. The van der Waals surface area contributed by atoms with Gasteiger partial charge in [0.15, 0.2) is 0 Å². The molecular formula is C12H13ClN2O2. The number of carbonyl (C=O) groups excluding carboxylic acids is 2. The van der Waals surface area contributed by atoms with Crippen molar-refractivity contribution < 1.29 is 9.59 Å². The summed E-state index contributed by atoms with van der Waals surface area (Å²) in [4.78, 5) is 24.9. The number of carbonyl (C=O) groups is 2. The third kappa shape index (κ3) is 2.42. The molecule has 1 heterocycles. The summed E-state index contributed by atoms with van der Waals surface area (Å²) in [7, 11) is 0. The lowest BCUT2D eigenvalue weighted by Gasteiger charge is -2.22. The summed E-state index contributed by atoms with van der Waals surface area (Å²) < 4.78 is 0. The standard InChI is InChI=1S/C12H13ClN2O2/c13-9-5-3-8(4-6-9)12(17)15-7-1-2-10(15)11(14)16/h3-6,10H,1-2,7H2,(H2,14,16). The number of nitrogens with zero attached hydrogens (tertiary/aromatic N) is 1. The van der Waals surface area contributed by atoms with Gasteiger partial charge in [0.1, 0.15) is 6.04 Å². The molecule has 0 bridgehead atoms. The summed E-state index contributed by atoms with van der Waals surface area (Å²) in [5, 5.41) is 0.578. The van der Waals surface area contributed by atoms with Gasteiger partial charge in [0.25, 0.3) is 5.91 Å². The Balaban J connectivity index is 2.19. The molecule has 1 aromatic carbocycles. The number of benzene rings is 1. The second-order valence-electron chi connectivity index (χ2n) is 4.07. The van der Waals surface area contributed by atoms with Crippen molar-refractivity contribution in [1.82, 2.24) is 4.90 Å². The van der Waals surface area contributed by atoms with E-state index in [-0.39, 0.29) is 5.91 Å². The zero-order valence-electron chi connectivity index (χ0n) is 9.23. The summed E-state index contributed by atoms with van der Waals surface area (Å²) in [6.07, 6.45) is 1.46. The summed E-state index contributed by atoms with van der Waals surface area (Å²) in [6, 6.07) is 6.15. The summed E-state index contributed by atoms with van der Waals surface area (Å²) >= 11 is 5.76. The van der Waals surface area contributed by atoms with Crippen LogP contribution < -0.4 is 5.73 Å². The zero-order chi connectivity index (χ0) is 12.4. The molecule has 4 nitrogen and oxygen atoms in total. The molecule has 2 amide bonds. The van der Waals surface area contributed by atoms with Gasteiger partial charge in [-0.3, -0.25) is 9.59 Å². The second-order valence-corrected chi connectivity index (χ2v) is 4.50. The van der Waals surface area contributed by atoms with Gasteiger partial charge >= 0.3 is 0 Å². The molecule has 1 unspecified atom stereocenters. The highest BCUT2D eigenvalue weighted by Gasteiger charge is 2.32. The SMILES string of the molecule is NC(=O)C1CCCN1C(=O)c1ccc(Cl)cc1. The van der Waals surface area contributed by atoms with Crippen LogP contribution in [0.25, 0.3) is 0 Å². The van der Waals surface area contributed by atoms with Crippen molar-refractivity contribution in [3.63, 3.8) is 0 Å². The van der Waals surface area contributed by atoms with E-state index in [0.717, 1.165) is 6.42 Å². The van der Waals surface area contributed by atoms with Crippen molar-refractivity contribution in [3.8, 4) is 0 Å². The van der Waals surface area contributed by atoms with E-state index < -0.39 is 11.9 Å². The highest BCUT2D eigenvalue weighted by atomic mass is 35.5. The summed E-state index contributed by atoms with van der Waals surface area (Å²) in [5.41, 5.74) is 5.80. The van der Waals surface area contributed by atoms with Crippen molar-refractivity contribution in [3.05, 3.63) is 34.9 Å². The van der Waals surface area contributed by atoms with E-state index in [1.165, 1.54) is 4.90 Å². The molecule has 1 aliphatic heterocycles. The zero-order valence-corrected chi connectivity index (χ0v) is 9.98. The predicted molar refractivity (Wildman–Crippen MR) is 64.7 cm³/mol. The van der Waals surface area contributed by atoms with Gasteiger partial charge in [-0.2, -0.15) is 0 Å². The van der Waals surface area contributed by atoms with Crippen LogP contribution in [0.4, 0.5) is 0 Å². The fourth-order valence-corrected chi connectivity index (χ4v) is 2.19. The lowest BCUT2D eigenvalue weighted by molar-refractivity contribution is -0.121. The Labute approximate surface area is 104 Å². The molecule has 0 saturated carbocycles. The predicted octanol–water partition coefficient (Wildman–Crippen LogP) is 1.43. The van der Waals surface area contributed by atoms with Gasteiger partial charge < -0.3 is 10.6 Å². The highest BCUT2D eigenvalue weighted by molar-refractivity contribution is 6.30. The first-order chi connectivity index (χ1) is 8.09. The summed E-state index contributed by atoms with van der Waals surface area (Å²) in [5.74, 6) is -0.604. The van der Waals surface area contributed by atoms with Crippen LogP contribution >= 0.6 is 11.6 Å². The van der Waals surface area contributed by atoms with Crippen molar-refractivity contribution in [2.24, 2.45) is 5.73 Å². The van der Waals surface area contributed by atoms with E-state index in [4.69, 9.17) is 17.3 Å². The smallest absolute Gasteiger partial charge is 0.254 e. The highest BCUT2D eigenvalue weighted by Crippen LogP contribution is 2.20. The first-order valence-electron chi connectivity index (χ1n) is 5.45. The molecule has 0 radical (unpaired) electrons. The maximum absolute atomic E-state index is 12.1. The molecule has 1 aliphatic rings. The normalized spacial score (nSPS) is 19.4. The molecule has 17 heavy (non-hydrogen) atoms. The Hall–Kier alpha value is -1.55. The molecule has 0 aliphatic carbocycles. The number of hydrogen-bond acceptors (Lipinski definition) is 2. The topological polar surface area (TPSA) is 63.4 Å². The van der Waals surface area contributed by atoms with Crippen LogP contribution in [0.2, 0.25) is 5.02 Å². The van der Waals surface area contributed by atoms with E-state index >= 15 is 0 Å². The van der Waals surface area contributed by atoms with Gasteiger partial charge in [0, 0.05) is 17.1 Å². The van der Waals surface area contributed by atoms with E-state index in [2.05, 4.69) is 0 Å².